The van der Waals surface area contributed by atoms with E-state index in [0.29, 0.717) is 0 Å². The van der Waals surface area contributed by atoms with Gasteiger partial charge in [0.2, 0.25) is 0 Å². The molecule has 1 nitrogen and oxygen atoms in total. The molecule has 0 spiro atoms. The van der Waals surface area contributed by atoms with Crippen LogP contribution >= 0.6 is 0 Å². The number of benzene rings is 9. The van der Waals surface area contributed by atoms with Crippen molar-refractivity contribution in [2.75, 3.05) is 4.90 Å². The lowest BCUT2D eigenvalue weighted by Crippen LogP contribution is -2.16. The SMILES string of the molecule is CC1(C)c2ccccc2-c2ccc(N(c3ccc(-c4cccc(-c5cccc6ccccc56)c4)cc3)c3ccccc3-c3cccc(-c4ccccc4)c3)cc21. The summed E-state index contributed by atoms with van der Waals surface area (Å²) in [7, 11) is 0. The predicted octanol–water partition coefficient (Wildman–Crippen LogP) is 15.3. The minimum Gasteiger partial charge on any atom is -0.310 e. The van der Waals surface area contributed by atoms with E-state index >= 15 is 0 Å². The van der Waals surface area contributed by atoms with Crippen molar-refractivity contribution in [3.63, 3.8) is 0 Å². The Hall–Kier alpha value is -6.96. The fourth-order valence-corrected chi connectivity index (χ4v) is 8.81. The first kappa shape index (κ1) is 33.6. The lowest BCUT2D eigenvalue weighted by molar-refractivity contribution is 0.660. The van der Waals surface area contributed by atoms with Crippen LogP contribution in [0.1, 0.15) is 25.0 Å². The van der Waals surface area contributed by atoms with E-state index in [1.54, 1.807) is 0 Å². The van der Waals surface area contributed by atoms with Crippen molar-refractivity contribution in [2.45, 2.75) is 19.3 Å². The summed E-state index contributed by atoms with van der Waals surface area (Å²) in [5.74, 6) is 0. The average molecular weight is 716 g/mol. The van der Waals surface area contributed by atoms with Gasteiger partial charge >= 0.3 is 0 Å². The normalized spacial score (nSPS) is 12.6. The van der Waals surface area contributed by atoms with Crippen molar-refractivity contribution in [1.29, 1.82) is 0 Å². The molecule has 1 aliphatic carbocycles. The molecule has 0 bridgehead atoms. The third-order valence-electron chi connectivity index (χ3n) is 11.7. The van der Waals surface area contributed by atoms with Gasteiger partial charge in [0.1, 0.15) is 0 Å². The van der Waals surface area contributed by atoms with E-state index in [1.165, 1.54) is 77.5 Å². The number of nitrogens with zero attached hydrogens (tertiary/aromatic N) is 1. The molecule has 0 fully saturated rings. The molecule has 0 atom stereocenters. The Labute approximate surface area is 329 Å². The van der Waals surface area contributed by atoms with Gasteiger partial charge in [0, 0.05) is 22.4 Å². The maximum absolute atomic E-state index is 2.44. The highest BCUT2D eigenvalue weighted by molar-refractivity contribution is 5.97. The number of fused-ring (bicyclic) bond motifs is 4. The van der Waals surface area contributed by atoms with Gasteiger partial charge in [-0.15, -0.1) is 0 Å². The van der Waals surface area contributed by atoms with E-state index in [4.69, 9.17) is 0 Å². The maximum Gasteiger partial charge on any atom is 0.0540 e. The zero-order chi connectivity index (χ0) is 37.6. The molecule has 266 valence electrons. The van der Waals surface area contributed by atoms with Gasteiger partial charge in [-0.3, -0.25) is 0 Å². The minimum atomic E-state index is -0.115. The molecule has 0 aromatic heterocycles. The lowest BCUT2D eigenvalue weighted by atomic mass is 9.82. The van der Waals surface area contributed by atoms with Crippen molar-refractivity contribution in [3.05, 3.63) is 223 Å². The van der Waals surface area contributed by atoms with E-state index in [2.05, 4.69) is 231 Å². The van der Waals surface area contributed by atoms with Gasteiger partial charge in [0.15, 0.2) is 0 Å². The first-order chi connectivity index (χ1) is 27.5. The van der Waals surface area contributed by atoms with Crippen LogP contribution < -0.4 is 4.90 Å². The number of para-hydroxylation sites is 1. The fraction of sp³-hybridized carbons (Fsp3) is 0.0545. The van der Waals surface area contributed by atoms with E-state index in [1.807, 2.05) is 0 Å². The zero-order valence-corrected chi connectivity index (χ0v) is 31.7. The largest absolute Gasteiger partial charge is 0.310 e. The van der Waals surface area contributed by atoms with Gasteiger partial charge < -0.3 is 4.90 Å². The van der Waals surface area contributed by atoms with E-state index in [-0.39, 0.29) is 5.41 Å². The standard InChI is InChI=1S/C55H41N/c1-55(2)52-27-10-8-25-50(52)51-34-33-46(37-53(51)55)56(54-28-11-9-24-49(54)44-22-13-19-41(36-44)38-15-4-3-5-16-38)45-31-29-39(30-32-45)42-20-12-21-43(35-42)48-26-14-18-40-17-6-7-23-47(40)48/h3-37H,1-2H3. The minimum absolute atomic E-state index is 0.115. The van der Waals surface area contributed by atoms with Crippen LogP contribution in [0.5, 0.6) is 0 Å². The summed E-state index contributed by atoms with van der Waals surface area (Å²) in [6, 6.07) is 77.6. The summed E-state index contributed by atoms with van der Waals surface area (Å²) in [6.45, 7) is 4.71. The molecule has 0 saturated carbocycles. The third kappa shape index (κ3) is 5.81. The van der Waals surface area contributed by atoms with Gasteiger partial charge in [-0.1, -0.05) is 184 Å². The Bertz CT molecular complexity index is 2880. The van der Waals surface area contributed by atoms with Crippen molar-refractivity contribution in [3.8, 4) is 55.6 Å². The molecular weight excluding hydrogens is 675 g/mol. The van der Waals surface area contributed by atoms with Crippen LogP contribution in [0.2, 0.25) is 0 Å². The second-order valence-electron chi connectivity index (χ2n) is 15.4. The first-order valence-corrected chi connectivity index (χ1v) is 19.5. The summed E-state index contributed by atoms with van der Waals surface area (Å²) < 4.78 is 0. The number of hydrogen-bond acceptors (Lipinski definition) is 1. The Morgan fingerprint density at radius 1 is 0.321 bits per heavy atom. The van der Waals surface area contributed by atoms with Gasteiger partial charge in [0.25, 0.3) is 0 Å². The lowest BCUT2D eigenvalue weighted by Gasteiger charge is -2.30. The van der Waals surface area contributed by atoms with Crippen LogP contribution in [0.25, 0.3) is 66.4 Å². The van der Waals surface area contributed by atoms with Gasteiger partial charge in [-0.2, -0.15) is 0 Å². The molecule has 0 heterocycles. The Kier molecular flexibility index (Phi) is 8.23. The molecular formula is C55H41N. The monoisotopic (exact) mass is 715 g/mol. The van der Waals surface area contributed by atoms with E-state index in [9.17, 15) is 0 Å². The van der Waals surface area contributed by atoms with Gasteiger partial charge in [-0.25, -0.2) is 0 Å². The highest BCUT2D eigenvalue weighted by Crippen LogP contribution is 2.51. The summed E-state index contributed by atoms with van der Waals surface area (Å²) in [5.41, 5.74) is 18.3. The van der Waals surface area contributed by atoms with E-state index < -0.39 is 0 Å². The van der Waals surface area contributed by atoms with Crippen molar-refractivity contribution < 1.29 is 0 Å². The van der Waals surface area contributed by atoms with Crippen LogP contribution in [0.4, 0.5) is 17.1 Å². The highest BCUT2D eigenvalue weighted by Gasteiger charge is 2.35. The Balaban J connectivity index is 1.10. The zero-order valence-electron chi connectivity index (χ0n) is 31.7. The second-order valence-corrected chi connectivity index (χ2v) is 15.4. The first-order valence-electron chi connectivity index (χ1n) is 19.5. The molecule has 0 saturated heterocycles. The Morgan fingerprint density at radius 2 is 0.839 bits per heavy atom. The van der Waals surface area contributed by atoms with E-state index in [0.717, 1.165) is 17.1 Å². The summed E-state index contributed by atoms with van der Waals surface area (Å²) in [4.78, 5) is 2.44. The van der Waals surface area contributed by atoms with Crippen LogP contribution in [-0.4, -0.2) is 0 Å². The average Bonchev–Trinajstić information content (AvgIpc) is 3.49. The Morgan fingerprint density at radius 3 is 1.62 bits per heavy atom. The number of hydrogen-bond donors (Lipinski definition) is 0. The van der Waals surface area contributed by atoms with Crippen LogP contribution in [-0.2, 0) is 5.41 Å². The van der Waals surface area contributed by atoms with Gasteiger partial charge in [0.05, 0.1) is 5.69 Å². The quantitative estimate of drug-likeness (QED) is 0.159. The molecule has 9 aromatic rings. The molecule has 1 heteroatoms. The van der Waals surface area contributed by atoms with Crippen molar-refractivity contribution in [2.24, 2.45) is 0 Å². The summed E-state index contributed by atoms with van der Waals surface area (Å²) >= 11 is 0. The fourth-order valence-electron chi connectivity index (χ4n) is 8.81. The molecule has 10 rings (SSSR count). The van der Waals surface area contributed by atoms with Crippen LogP contribution in [0.3, 0.4) is 0 Å². The predicted molar refractivity (Wildman–Crippen MR) is 238 cm³/mol. The molecule has 0 unspecified atom stereocenters. The molecule has 9 aromatic carbocycles. The van der Waals surface area contributed by atoms with Crippen molar-refractivity contribution in [1.82, 2.24) is 0 Å². The second kappa shape index (κ2) is 13.7. The number of anilines is 3. The number of rotatable bonds is 7. The van der Waals surface area contributed by atoms with Crippen molar-refractivity contribution >= 4 is 27.8 Å². The topological polar surface area (TPSA) is 3.24 Å². The molecule has 56 heavy (non-hydrogen) atoms. The molecule has 0 aliphatic heterocycles. The van der Waals surface area contributed by atoms with Gasteiger partial charge in [-0.05, 0) is 114 Å². The molecule has 1 aliphatic rings. The van der Waals surface area contributed by atoms with Crippen LogP contribution in [0, 0.1) is 0 Å². The molecule has 0 radical (unpaired) electrons. The molecule has 0 amide bonds. The maximum atomic E-state index is 2.44. The summed E-state index contributed by atoms with van der Waals surface area (Å²) in [6.07, 6.45) is 0. The molecule has 0 N–H and O–H groups in total. The smallest absolute Gasteiger partial charge is 0.0540 e. The highest BCUT2D eigenvalue weighted by atomic mass is 15.1. The third-order valence-corrected chi connectivity index (χ3v) is 11.7. The van der Waals surface area contributed by atoms with Crippen LogP contribution in [0.15, 0.2) is 212 Å². The summed E-state index contributed by atoms with van der Waals surface area (Å²) in [5, 5.41) is 2.53.